The van der Waals surface area contributed by atoms with Crippen LogP contribution in [0.5, 0.6) is 0 Å². The van der Waals surface area contributed by atoms with E-state index in [-0.39, 0.29) is 17.3 Å². The summed E-state index contributed by atoms with van der Waals surface area (Å²) in [7, 11) is 0. The highest BCUT2D eigenvalue weighted by Gasteiger charge is 2.52. The zero-order chi connectivity index (χ0) is 17.3. The van der Waals surface area contributed by atoms with E-state index in [1.165, 1.54) is 18.6 Å². The Bertz CT molecular complexity index is 625. The quantitative estimate of drug-likeness (QED) is 0.742. The Morgan fingerprint density at radius 1 is 1.36 bits per heavy atom. The fourth-order valence-corrected chi connectivity index (χ4v) is 4.13. The lowest BCUT2D eigenvalue weighted by atomic mass is 9.80. The number of hydrogen-bond acceptors (Lipinski definition) is 3. The van der Waals surface area contributed by atoms with E-state index in [0.29, 0.717) is 25.0 Å². The van der Waals surface area contributed by atoms with Crippen molar-refractivity contribution < 1.29 is 18.7 Å². The van der Waals surface area contributed by atoms with Crippen LogP contribution in [-0.2, 0) is 20.9 Å². The van der Waals surface area contributed by atoms with Crippen LogP contribution in [0.25, 0.3) is 0 Å². The van der Waals surface area contributed by atoms with E-state index in [9.17, 15) is 9.18 Å². The van der Waals surface area contributed by atoms with Crippen LogP contribution in [0.15, 0.2) is 24.3 Å². The Kier molecular flexibility index (Phi) is 4.78. The van der Waals surface area contributed by atoms with E-state index in [1.54, 1.807) is 6.07 Å². The predicted octanol–water partition coefficient (Wildman–Crippen LogP) is 3.15. The smallest absolute Gasteiger partial charge is 0.225 e. The number of likely N-dealkylation sites (tertiary alicyclic amines) is 1. The number of ether oxygens (including phenoxy) is 2. The second-order valence-electron chi connectivity index (χ2n) is 7.86. The minimum Gasteiger partial charge on any atom is -0.377 e. The van der Waals surface area contributed by atoms with Crippen molar-refractivity contribution >= 4 is 5.91 Å². The summed E-state index contributed by atoms with van der Waals surface area (Å²) in [5.41, 5.74) is 0.774. The monoisotopic (exact) mass is 347 g/mol. The first kappa shape index (κ1) is 17.0. The molecule has 1 aliphatic carbocycles. The lowest BCUT2D eigenvalue weighted by Crippen LogP contribution is -2.64. The van der Waals surface area contributed by atoms with Crippen LogP contribution in [0.1, 0.15) is 37.7 Å². The van der Waals surface area contributed by atoms with Gasteiger partial charge in [-0.05, 0) is 49.3 Å². The molecule has 1 atom stereocenters. The third-order valence-electron chi connectivity index (χ3n) is 5.84. The first-order chi connectivity index (χ1) is 12.1. The minimum atomic E-state index is -0.224. The van der Waals surface area contributed by atoms with Crippen molar-refractivity contribution in [3.8, 4) is 0 Å². The molecule has 1 unspecified atom stereocenters. The summed E-state index contributed by atoms with van der Waals surface area (Å²) in [5.74, 6) is 0.889. The van der Waals surface area contributed by atoms with Gasteiger partial charge in [0.25, 0.3) is 0 Å². The van der Waals surface area contributed by atoms with E-state index in [1.807, 2.05) is 11.0 Å². The molecule has 0 N–H and O–H groups in total. The molecule has 2 heterocycles. The van der Waals surface area contributed by atoms with Crippen molar-refractivity contribution in [1.29, 1.82) is 0 Å². The Hall–Kier alpha value is -1.46. The largest absolute Gasteiger partial charge is 0.377 e. The van der Waals surface area contributed by atoms with Gasteiger partial charge in [-0.3, -0.25) is 4.79 Å². The molecule has 0 radical (unpaired) electrons. The summed E-state index contributed by atoms with van der Waals surface area (Å²) in [4.78, 5) is 14.2. The molecule has 1 aromatic rings. The molecule has 1 amide bonds. The number of amides is 1. The maximum Gasteiger partial charge on any atom is 0.225 e. The summed E-state index contributed by atoms with van der Waals surface area (Å²) in [6, 6.07) is 6.53. The SMILES string of the molecule is O=C(C1CCC1)N1CC2(CC(CCOCc3cccc(F)c3)CO2)C1. The highest BCUT2D eigenvalue weighted by Crippen LogP contribution is 2.41. The first-order valence-corrected chi connectivity index (χ1v) is 9.38. The highest BCUT2D eigenvalue weighted by atomic mass is 19.1. The number of rotatable bonds is 6. The van der Waals surface area contributed by atoms with Gasteiger partial charge in [0.15, 0.2) is 0 Å². The fourth-order valence-electron chi connectivity index (χ4n) is 4.13. The maximum atomic E-state index is 13.1. The topological polar surface area (TPSA) is 38.8 Å². The van der Waals surface area contributed by atoms with E-state index in [4.69, 9.17) is 9.47 Å². The van der Waals surface area contributed by atoms with Gasteiger partial charge in [0, 0.05) is 12.5 Å². The predicted molar refractivity (Wildman–Crippen MR) is 91.4 cm³/mol. The second-order valence-corrected chi connectivity index (χ2v) is 7.86. The van der Waals surface area contributed by atoms with E-state index < -0.39 is 0 Å². The molecule has 136 valence electrons. The van der Waals surface area contributed by atoms with E-state index in [2.05, 4.69) is 0 Å². The van der Waals surface area contributed by atoms with E-state index in [0.717, 1.165) is 50.9 Å². The summed E-state index contributed by atoms with van der Waals surface area (Å²) >= 11 is 0. The van der Waals surface area contributed by atoms with E-state index >= 15 is 0 Å². The van der Waals surface area contributed by atoms with Gasteiger partial charge in [0.05, 0.1) is 26.3 Å². The molecule has 2 saturated heterocycles. The van der Waals surface area contributed by atoms with Crippen molar-refractivity contribution in [2.45, 2.75) is 44.3 Å². The summed E-state index contributed by atoms with van der Waals surface area (Å²) in [6.45, 7) is 3.40. The molecular formula is C20H26FNO3. The molecule has 1 aromatic carbocycles. The summed E-state index contributed by atoms with van der Waals surface area (Å²) in [5, 5.41) is 0. The van der Waals surface area contributed by atoms with Crippen LogP contribution in [0, 0.1) is 17.7 Å². The molecule has 0 bridgehead atoms. The summed E-state index contributed by atoms with van der Waals surface area (Å²) in [6.07, 6.45) is 5.30. The Morgan fingerprint density at radius 3 is 2.92 bits per heavy atom. The van der Waals surface area contributed by atoms with Crippen LogP contribution in [0.2, 0.25) is 0 Å². The van der Waals surface area contributed by atoms with Crippen LogP contribution in [0.4, 0.5) is 4.39 Å². The number of carbonyl (C=O) groups is 1. The molecule has 1 saturated carbocycles. The lowest BCUT2D eigenvalue weighted by Gasteiger charge is -2.49. The van der Waals surface area contributed by atoms with Crippen LogP contribution < -0.4 is 0 Å². The van der Waals surface area contributed by atoms with Crippen molar-refractivity contribution in [2.75, 3.05) is 26.3 Å². The van der Waals surface area contributed by atoms with Crippen molar-refractivity contribution in [3.05, 3.63) is 35.6 Å². The van der Waals surface area contributed by atoms with Crippen molar-refractivity contribution in [1.82, 2.24) is 4.90 Å². The standard InChI is InChI=1S/C20H26FNO3/c21-18-6-1-3-15(9-18)11-24-8-7-16-10-20(25-12-16)13-22(14-20)19(23)17-4-2-5-17/h1,3,6,9,16-17H,2,4-5,7-8,10-14H2. The van der Waals surface area contributed by atoms with Crippen LogP contribution >= 0.6 is 0 Å². The number of nitrogens with zero attached hydrogens (tertiary/aromatic N) is 1. The molecule has 25 heavy (non-hydrogen) atoms. The molecule has 2 aliphatic heterocycles. The highest BCUT2D eigenvalue weighted by molar-refractivity contribution is 5.80. The molecular weight excluding hydrogens is 321 g/mol. The molecule has 4 rings (SSSR count). The fraction of sp³-hybridized carbons (Fsp3) is 0.650. The van der Waals surface area contributed by atoms with Gasteiger partial charge in [-0.15, -0.1) is 0 Å². The molecule has 3 fully saturated rings. The molecule has 0 aromatic heterocycles. The van der Waals surface area contributed by atoms with Gasteiger partial charge < -0.3 is 14.4 Å². The third kappa shape index (κ3) is 3.72. The van der Waals surface area contributed by atoms with Gasteiger partial charge in [-0.1, -0.05) is 18.6 Å². The normalized spacial score (nSPS) is 25.0. The minimum absolute atomic E-state index is 0.0906. The molecule has 5 heteroatoms. The van der Waals surface area contributed by atoms with Crippen molar-refractivity contribution in [3.63, 3.8) is 0 Å². The Morgan fingerprint density at radius 2 is 2.20 bits per heavy atom. The number of hydrogen-bond donors (Lipinski definition) is 0. The van der Waals surface area contributed by atoms with Gasteiger partial charge in [-0.2, -0.15) is 0 Å². The van der Waals surface area contributed by atoms with Gasteiger partial charge in [0.2, 0.25) is 5.91 Å². The Balaban J connectivity index is 1.15. The zero-order valence-electron chi connectivity index (χ0n) is 14.6. The Labute approximate surface area is 148 Å². The number of carbonyl (C=O) groups excluding carboxylic acids is 1. The average molecular weight is 347 g/mol. The van der Waals surface area contributed by atoms with Crippen LogP contribution in [0.3, 0.4) is 0 Å². The van der Waals surface area contributed by atoms with Crippen molar-refractivity contribution in [2.24, 2.45) is 11.8 Å². The van der Waals surface area contributed by atoms with Gasteiger partial charge in [-0.25, -0.2) is 4.39 Å². The maximum absolute atomic E-state index is 13.1. The average Bonchev–Trinajstić information content (AvgIpc) is 2.93. The van der Waals surface area contributed by atoms with Gasteiger partial charge >= 0.3 is 0 Å². The lowest BCUT2D eigenvalue weighted by molar-refractivity contribution is -0.164. The first-order valence-electron chi connectivity index (χ1n) is 9.38. The second kappa shape index (κ2) is 7.04. The number of halogens is 1. The summed E-state index contributed by atoms with van der Waals surface area (Å²) < 4.78 is 24.8. The number of benzene rings is 1. The van der Waals surface area contributed by atoms with Crippen LogP contribution in [-0.4, -0.2) is 42.7 Å². The molecule has 3 aliphatic rings. The van der Waals surface area contributed by atoms with Gasteiger partial charge in [0.1, 0.15) is 11.4 Å². The third-order valence-corrected chi connectivity index (χ3v) is 5.84. The molecule has 4 nitrogen and oxygen atoms in total. The zero-order valence-corrected chi connectivity index (χ0v) is 14.6. The molecule has 1 spiro atoms.